The van der Waals surface area contributed by atoms with Gasteiger partial charge in [-0.25, -0.2) is 0 Å². The van der Waals surface area contributed by atoms with Gasteiger partial charge in [0.15, 0.2) is 10.0 Å². The Labute approximate surface area is 145 Å². The van der Waals surface area contributed by atoms with E-state index in [1.54, 1.807) is 6.26 Å². The summed E-state index contributed by atoms with van der Waals surface area (Å²) in [6, 6.07) is 3.61. The van der Waals surface area contributed by atoms with Crippen LogP contribution in [0.4, 0.5) is 18.9 Å². The lowest BCUT2D eigenvalue weighted by Gasteiger charge is -2.15. The lowest BCUT2D eigenvalue weighted by atomic mass is 10.1. The third-order valence-electron chi connectivity index (χ3n) is 2.95. The first-order valence-corrected chi connectivity index (χ1v) is 8.14. The second-order valence-electron chi connectivity index (χ2n) is 4.49. The van der Waals surface area contributed by atoms with Gasteiger partial charge in [-0.1, -0.05) is 30.1 Å². The molecule has 0 aromatic heterocycles. The van der Waals surface area contributed by atoms with Crippen molar-refractivity contribution in [1.29, 1.82) is 0 Å². The molecule has 1 heterocycles. The number of thioether (sulfide) groups is 1. The quantitative estimate of drug-likeness (QED) is 0.498. The molecule has 0 saturated carbocycles. The highest BCUT2D eigenvalue weighted by Crippen LogP contribution is 2.34. The maximum Gasteiger partial charge on any atom is 0.573 e. The van der Waals surface area contributed by atoms with Gasteiger partial charge in [0.1, 0.15) is 5.75 Å². The highest BCUT2D eigenvalue weighted by atomic mass is 32.2. The number of thiocarbonyl (C=S) groups is 1. The van der Waals surface area contributed by atoms with E-state index in [4.69, 9.17) is 12.2 Å². The highest BCUT2D eigenvalue weighted by molar-refractivity contribution is 8.22. The number of hydrazone groups is 1. The molecule has 0 radical (unpaired) electrons. The number of nitrogens with one attached hydrogen (secondary N) is 1. The first-order valence-electron chi connectivity index (χ1n) is 6.51. The summed E-state index contributed by atoms with van der Waals surface area (Å²) in [7, 11) is 0. The molecule has 0 saturated heterocycles. The van der Waals surface area contributed by atoms with Gasteiger partial charge in [-0.3, -0.25) is 10.2 Å². The zero-order valence-corrected chi connectivity index (χ0v) is 14.0. The molecular formula is C14H12F3N3O2S2. The number of alkyl halides is 3. The maximum absolute atomic E-state index is 12.4. The smallest absolute Gasteiger partial charge is 0.406 e. The van der Waals surface area contributed by atoms with Crippen LogP contribution in [0.3, 0.4) is 0 Å². The van der Waals surface area contributed by atoms with E-state index in [-0.39, 0.29) is 17.9 Å². The van der Waals surface area contributed by atoms with Crippen molar-refractivity contribution in [3.63, 3.8) is 0 Å². The Morgan fingerprint density at radius 2 is 2.25 bits per heavy atom. The number of hydrogen-bond acceptors (Lipinski definition) is 5. The predicted octanol–water partition coefficient (Wildman–Crippen LogP) is 3.06. The van der Waals surface area contributed by atoms with Crippen LogP contribution < -0.4 is 15.1 Å². The van der Waals surface area contributed by atoms with E-state index < -0.39 is 18.0 Å². The molecule has 0 aliphatic carbocycles. The largest absolute Gasteiger partial charge is 0.573 e. The Balaban J connectivity index is 2.43. The number of carbonyl (C=O) groups is 1. The summed E-state index contributed by atoms with van der Waals surface area (Å²) in [5.41, 5.74) is 3.26. The first kappa shape index (κ1) is 18.3. The van der Waals surface area contributed by atoms with Gasteiger partial charge in [-0.15, -0.1) is 19.8 Å². The summed E-state index contributed by atoms with van der Waals surface area (Å²) in [5.74, 6) is -0.887. The third kappa shape index (κ3) is 4.06. The van der Waals surface area contributed by atoms with Gasteiger partial charge in [-0.2, -0.15) is 5.10 Å². The number of rotatable bonds is 4. The number of fused-ring (bicyclic) bond motifs is 1. The van der Waals surface area contributed by atoms with E-state index >= 15 is 0 Å². The summed E-state index contributed by atoms with van der Waals surface area (Å²) >= 11 is 6.18. The van der Waals surface area contributed by atoms with Crippen LogP contribution in [-0.4, -0.2) is 35.1 Å². The Kier molecular flexibility index (Phi) is 5.50. The van der Waals surface area contributed by atoms with Gasteiger partial charge in [0.2, 0.25) is 0 Å². The number of halogens is 3. The van der Waals surface area contributed by atoms with Crippen LogP contribution in [0.25, 0.3) is 0 Å². The summed E-state index contributed by atoms with van der Waals surface area (Å²) in [6.07, 6.45) is -1.62. The fourth-order valence-electron chi connectivity index (χ4n) is 2.05. The second-order valence-corrected chi connectivity index (χ2v) is 5.98. The van der Waals surface area contributed by atoms with Gasteiger partial charge in [0, 0.05) is 18.2 Å². The molecule has 10 heteroatoms. The number of anilines is 1. The number of amides is 1. The van der Waals surface area contributed by atoms with Crippen molar-refractivity contribution in [2.24, 2.45) is 5.10 Å². The Morgan fingerprint density at radius 3 is 2.83 bits per heavy atom. The van der Waals surface area contributed by atoms with Gasteiger partial charge < -0.3 is 9.64 Å². The van der Waals surface area contributed by atoms with Crippen LogP contribution in [0.2, 0.25) is 0 Å². The molecule has 24 heavy (non-hydrogen) atoms. The van der Waals surface area contributed by atoms with E-state index in [0.717, 1.165) is 12.1 Å². The molecule has 0 bridgehead atoms. The molecular weight excluding hydrogens is 363 g/mol. The second kappa shape index (κ2) is 7.22. The van der Waals surface area contributed by atoms with E-state index in [9.17, 15) is 18.0 Å². The van der Waals surface area contributed by atoms with E-state index in [2.05, 4.69) is 21.8 Å². The van der Waals surface area contributed by atoms with Crippen molar-refractivity contribution >= 4 is 45.6 Å². The molecule has 1 aromatic carbocycles. The molecule has 1 N–H and O–H groups in total. The van der Waals surface area contributed by atoms with Crippen molar-refractivity contribution < 1.29 is 22.7 Å². The van der Waals surface area contributed by atoms with Gasteiger partial charge >= 0.3 is 6.36 Å². The van der Waals surface area contributed by atoms with Crippen LogP contribution in [0.1, 0.15) is 5.56 Å². The first-order chi connectivity index (χ1) is 11.3. The van der Waals surface area contributed by atoms with Crippen LogP contribution >= 0.6 is 24.0 Å². The van der Waals surface area contributed by atoms with Gasteiger partial charge in [0.05, 0.1) is 5.69 Å². The molecule has 0 spiro atoms. The lowest BCUT2D eigenvalue weighted by molar-refractivity contribution is -0.274. The Hall–Kier alpha value is -2.07. The number of carbonyl (C=O) groups excluding carboxylic acids is 1. The molecule has 5 nitrogen and oxygen atoms in total. The van der Waals surface area contributed by atoms with Crippen LogP contribution in [0.15, 0.2) is 36.0 Å². The highest BCUT2D eigenvalue weighted by Gasteiger charge is 2.36. The molecule has 2 rings (SSSR count). The number of nitrogens with zero attached hydrogens (tertiary/aromatic N) is 2. The molecule has 0 atom stereocenters. The topological polar surface area (TPSA) is 53.9 Å². The minimum absolute atomic E-state index is 0.0572. The summed E-state index contributed by atoms with van der Waals surface area (Å²) in [6.45, 7) is 3.66. The SMILES string of the molecule is C=CCN1C(=O)C(=NNC(=S)SC)c2ccc(OC(F)(F)F)cc21. The summed E-state index contributed by atoms with van der Waals surface area (Å²) in [5, 5.41) is 3.97. The van der Waals surface area contributed by atoms with Crippen LogP contribution in [-0.2, 0) is 4.79 Å². The van der Waals surface area contributed by atoms with Crippen LogP contribution in [0, 0.1) is 0 Å². The van der Waals surface area contributed by atoms with E-state index in [1.807, 2.05) is 0 Å². The fraction of sp³-hybridized carbons (Fsp3) is 0.214. The third-order valence-corrected chi connectivity index (χ3v) is 4.01. The molecule has 1 aliphatic heterocycles. The number of benzene rings is 1. The minimum atomic E-state index is -4.82. The molecule has 0 unspecified atom stereocenters. The Morgan fingerprint density at radius 1 is 1.54 bits per heavy atom. The van der Waals surface area contributed by atoms with Crippen molar-refractivity contribution in [2.75, 3.05) is 17.7 Å². The van der Waals surface area contributed by atoms with Gasteiger partial charge in [-0.05, 0) is 18.4 Å². The number of ether oxygens (including phenoxy) is 1. The molecule has 1 amide bonds. The predicted molar refractivity (Wildman–Crippen MR) is 91.5 cm³/mol. The maximum atomic E-state index is 12.4. The zero-order valence-electron chi connectivity index (χ0n) is 12.4. The number of hydrogen-bond donors (Lipinski definition) is 1. The van der Waals surface area contributed by atoms with E-state index in [1.165, 1.54) is 28.8 Å². The van der Waals surface area contributed by atoms with Crippen molar-refractivity contribution in [2.45, 2.75) is 6.36 Å². The average Bonchev–Trinajstić information content (AvgIpc) is 2.76. The average molecular weight is 375 g/mol. The fourth-order valence-corrected chi connectivity index (χ4v) is 2.23. The zero-order chi connectivity index (χ0) is 17.9. The lowest BCUT2D eigenvalue weighted by Crippen LogP contribution is -2.31. The van der Waals surface area contributed by atoms with Crippen LogP contribution in [0.5, 0.6) is 5.75 Å². The minimum Gasteiger partial charge on any atom is -0.406 e. The normalized spacial score (nSPS) is 15.4. The van der Waals surface area contributed by atoms with Crippen molar-refractivity contribution in [3.8, 4) is 5.75 Å². The van der Waals surface area contributed by atoms with Gasteiger partial charge in [0.25, 0.3) is 5.91 Å². The summed E-state index contributed by atoms with van der Waals surface area (Å²) < 4.78 is 41.4. The standard InChI is InChI=1S/C14H12F3N3O2S2/c1-3-6-20-10-7-8(22-14(15,16)17)4-5-9(10)11(12(20)21)18-19-13(23)24-2/h3-5,7H,1,6H2,2H3,(H,19,23). The molecule has 128 valence electrons. The summed E-state index contributed by atoms with van der Waals surface area (Å²) in [4.78, 5) is 13.7. The molecule has 1 aliphatic rings. The van der Waals surface area contributed by atoms with Crippen molar-refractivity contribution in [1.82, 2.24) is 5.43 Å². The molecule has 0 fully saturated rings. The van der Waals surface area contributed by atoms with Crippen molar-refractivity contribution in [3.05, 3.63) is 36.4 Å². The van der Waals surface area contributed by atoms with E-state index in [0.29, 0.717) is 9.88 Å². The Bertz CT molecular complexity index is 720. The monoisotopic (exact) mass is 375 g/mol. The molecule has 1 aromatic rings.